The standard InChI is InChI=1S/C23H31N5O3S2.C2H6/c1-12-18(21-27-19-13(2)24-8-6-17(19)33-21)20(28-22(25-12)32-5)26-15-10-14(7-9-29)16(11-15)31-23(3,4)30;1-2/h6,8,14-16,29-30H,7,9-11H2,1-5H3,(H,25,26,28);1-2H3/t14?,15?,16-;/m0./s1. The number of hydrogen-bond donors (Lipinski definition) is 3. The highest BCUT2D eigenvalue weighted by Crippen LogP contribution is 2.40. The highest BCUT2D eigenvalue weighted by atomic mass is 32.2. The molecule has 2 unspecified atom stereocenters. The van der Waals surface area contributed by atoms with Gasteiger partial charge in [0.05, 0.1) is 27.8 Å². The third-order valence-corrected chi connectivity index (χ3v) is 7.45. The van der Waals surface area contributed by atoms with Gasteiger partial charge in [-0.25, -0.2) is 15.0 Å². The quantitative estimate of drug-likeness (QED) is 0.210. The minimum atomic E-state index is -1.22. The van der Waals surface area contributed by atoms with Crippen molar-refractivity contribution < 1.29 is 14.9 Å². The molecule has 1 aliphatic rings. The Hall–Kier alpha value is -1.85. The lowest BCUT2D eigenvalue weighted by Crippen LogP contribution is -2.32. The fourth-order valence-corrected chi connectivity index (χ4v) is 5.99. The molecule has 3 aromatic rings. The van der Waals surface area contributed by atoms with Gasteiger partial charge >= 0.3 is 0 Å². The number of rotatable bonds is 8. The van der Waals surface area contributed by atoms with Crippen LogP contribution in [-0.4, -0.2) is 60.9 Å². The number of aryl methyl sites for hydroxylation is 2. The van der Waals surface area contributed by atoms with E-state index in [2.05, 4.69) is 15.3 Å². The molecule has 0 aliphatic heterocycles. The fraction of sp³-hybridized carbons (Fsp3) is 0.600. The molecule has 4 rings (SSSR count). The molecular weight excluding hydrogens is 482 g/mol. The maximum Gasteiger partial charge on any atom is 0.189 e. The Kier molecular flexibility index (Phi) is 9.45. The van der Waals surface area contributed by atoms with Crippen LogP contribution in [0.25, 0.3) is 20.8 Å². The van der Waals surface area contributed by atoms with Crippen LogP contribution in [0.5, 0.6) is 0 Å². The average molecular weight is 520 g/mol. The summed E-state index contributed by atoms with van der Waals surface area (Å²) < 4.78 is 7.00. The Bertz CT molecular complexity index is 1130. The molecule has 3 aromatic heterocycles. The molecule has 3 N–H and O–H groups in total. The van der Waals surface area contributed by atoms with Crippen LogP contribution in [0.1, 0.15) is 58.3 Å². The second-order valence-corrected chi connectivity index (χ2v) is 10.8. The van der Waals surface area contributed by atoms with Crippen molar-refractivity contribution in [3.8, 4) is 10.6 Å². The van der Waals surface area contributed by atoms with Crippen LogP contribution in [0.3, 0.4) is 0 Å². The summed E-state index contributed by atoms with van der Waals surface area (Å²) in [5, 5.41) is 24.9. The molecule has 0 radical (unpaired) electrons. The summed E-state index contributed by atoms with van der Waals surface area (Å²) in [4.78, 5) is 18.7. The van der Waals surface area contributed by atoms with Crippen LogP contribution in [0.2, 0.25) is 0 Å². The molecule has 10 heteroatoms. The van der Waals surface area contributed by atoms with E-state index in [1.165, 1.54) is 11.8 Å². The van der Waals surface area contributed by atoms with Gasteiger partial charge in [-0.3, -0.25) is 4.98 Å². The van der Waals surface area contributed by atoms with Crippen molar-refractivity contribution in [3.05, 3.63) is 23.7 Å². The molecule has 1 fully saturated rings. The summed E-state index contributed by atoms with van der Waals surface area (Å²) in [6, 6.07) is 2.08. The molecule has 0 spiro atoms. The molecule has 3 atom stereocenters. The van der Waals surface area contributed by atoms with Crippen molar-refractivity contribution in [1.82, 2.24) is 19.9 Å². The number of thiazole rings is 1. The Morgan fingerprint density at radius 3 is 2.54 bits per heavy atom. The molecule has 0 saturated heterocycles. The lowest BCUT2D eigenvalue weighted by Gasteiger charge is -2.27. The van der Waals surface area contributed by atoms with Crippen molar-refractivity contribution in [2.75, 3.05) is 18.2 Å². The minimum absolute atomic E-state index is 0.0921. The number of aliphatic hydroxyl groups excluding tert-OH is 1. The molecule has 192 valence electrons. The van der Waals surface area contributed by atoms with Crippen molar-refractivity contribution in [1.29, 1.82) is 0 Å². The predicted molar refractivity (Wildman–Crippen MR) is 144 cm³/mol. The molecule has 0 aromatic carbocycles. The van der Waals surface area contributed by atoms with Crippen molar-refractivity contribution >= 4 is 39.1 Å². The summed E-state index contributed by atoms with van der Waals surface area (Å²) in [7, 11) is 0. The first-order valence-corrected chi connectivity index (χ1v) is 14.2. The third-order valence-electron chi connectivity index (χ3n) is 5.87. The molecular formula is C25H37N5O3S2. The van der Waals surface area contributed by atoms with Gasteiger partial charge in [-0.05, 0) is 65.2 Å². The Morgan fingerprint density at radius 1 is 1.17 bits per heavy atom. The number of hydrogen-bond acceptors (Lipinski definition) is 10. The monoisotopic (exact) mass is 519 g/mol. The summed E-state index contributed by atoms with van der Waals surface area (Å²) >= 11 is 3.12. The van der Waals surface area contributed by atoms with Gasteiger partial charge < -0.3 is 20.3 Å². The highest BCUT2D eigenvalue weighted by Gasteiger charge is 2.38. The largest absolute Gasteiger partial charge is 0.396 e. The number of fused-ring (bicyclic) bond motifs is 1. The second kappa shape index (κ2) is 11.9. The minimum Gasteiger partial charge on any atom is -0.396 e. The van der Waals surface area contributed by atoms with Gasteiger partial charge in [-0.2, -0.15) is 0 Å². The smallest absolute Gasteiger partial charge is 0.189 e. The first kappa shape index (κ1) is 27.7. The van der Waals surface area contributed by atoms with E-state index in [4.69, 9.17) is 14.7 Å². The van der Waals surface area contributed by atoms with E-state index in [9.17, 15) is 10.2 Å². The summed E-state index contributed by atoms with van der Waals surface area (Å²) in [5.74, 6) is -0.308. The second-order valence-electron chi connectivity index (χ2n) is 8.97. The van der Waals surface area contributed by atoms with E-state index in [1.807, 2.05) is 46.2 Å². The zero-order valence-corrected chi connectivity index (χ0v) is 23.3. The zero-order valence-electron chi connectivity index (χ0n) is 21.6. The molecule has 8 nitrogen and oxygen atoms in total. The van der Waals surface area contributed by atoms with Crippen LogP contribution >= 0.6 is 23.1 Å². The van der Waals surface area contributed by atoms with Crippen molar-refractivity contribution in [2.24, 2.45) is 5.92 Å². The zero-order chi connectivity index (χ0) is 25.8. The van der Waals surface area contributed by atoms with Crippen LogP contribution in [0, 0.1) is 19.8 Å². The number of anilines is 1. The molecule has 3 heterocycles. The van der Waals surface area contributed by atoms with E-state index in [1.54, 1.807) is 25.2 Å². The van der Waals surface area contributed by atoms with E-state index < -0.39 is 5.79 Å². The van der Waals surface area contributed by atoms with Gasteiger partial charge in [-0.1, -0.05) is 25.6 Å². The molecule has 0 amide bonds. The Morgan fingerprint density at radius 2 is 1.91 bits per heavy atom. The SMILES string of the molecule is CC.CSc1nc(C)c(-c2nc3c(C)nccc3s2)c(NC2CC(CCO)[C@@H](OC(C)(C)O)C2)n1. The van der Waals surface area contributed by atoms with E-state index in [0.29, 0.717) is 18.0 Å². The van der Waals surface area contributed by atoms with E-state index >= 15 is 0 Å². The first-order chi connectivity index (χ1) is 16.7. The van der Waals surface area contributed by atoms with Crippen LogP contribution < -0.4 is 5.32 Å². The van der Waals surface area contributed by atoms with Gasteiger partial charge in [0.1, 0.15) is 16.3 Å². The lowest BCUT2D eigenvalue weighted by atomic mass is 10.0. The first-order valence-electron chi connectivity index (χ1n) is 12.1. The summed E-state index contributed by atoms with van der Waals surface area (Å²) in [6.07, 6.45) is 5.80. The average Bonchev–Trinajstić information content (AvgIpc) is 3.38. The normalized spacial score (nSPS) is 20.1. The maximum absolute atomic E-state index is 10.2. The number of aromatic nitrogens is 4. The van der Waals surface area contributed by atoms with E-state index in [0.717, 1.165) is 44.4 Å². The van der Waals surface area contributed by atoms with Gasteiger partial charge in [0.15, 0.2) is 10.9 Å². The van der Waals surface area contributed by atoms with Crippen LogP contribution in [0.15, 0.2) is 17.4 Å². The lowest BCUT2D eigenvalue weighted by molar-refractivity contribution is -0.213. The number of pyridine rings is 1. The maximum atomic E-state index is 10.2. The molecule has 1 saturated carbocycles. The van der Waals surface area contributed by atoms with Gasteiger partial charge in [0, 0.05) is 18.8 Å². The van der Waals surface area contributed by atoms with Crippen LogP contribution in [0.4, 0.5) is 5.82 Å². The number of nitrogens with zero attached hydrogens (tertiary/aromatic N) is 4. The predicted octanol–water partition coefficient (Wildman–Crippen LogP) is 5.20. The number of aliphatic hydroxyl groups is 2. The number of ether oxygens (including phenoxy) is 1. The Balaban J connectivity index is 0.00000167. The molecule has 35 heavy (non-hydrogen) atoms. The highest BCUT2D eigenvalue weighted by molar-refractivity contribution is 7.98. The topological polar surface area (TPSA) is 113 Å². The molecule has 1 aliphatic carbocycles. The summed E-state index contributed by atoms with van der Waals surface area (Å²) in [5.41, 5.74) is 3.58. The van der Waals surface area contributed by atoms with Gasteiger partial charge in [0.25, 0.3) is 0 Å². The third kappa shape index (κ3) is 6.68. The van der Waals surface area contributed by atoms with Gasteiger partial charge in [-0.15, -0.1) is 11.3 Å². The summed E-state index contributed by atoms with van der Waals surface area (Å²) in [6.45, 7) is 11.3. The van der Waals surface area contributed by atoms with Crippen molar-refractivity contribution in [3.63, 3.8) is 0 Å². The number of thioether (sulfide) groups is 1. The molecule has 0 bridgehead atoms. The van der Waals surface area contributed by atoms with Crippen molar-refractivity contribution in [2.45, 2.75) is 83.9 Å². The van der Waals surface area contributed by atoms with Gasteiger partial charge in [0.2, 0.25) is 0 Å². The number of nitrogens with one attached hydrogen (secondary N) is 1. The van der Waals surface area contributed by atoms with E-state index in [-0.39, 0.29) is 24.7 Å². The fourth-order valence-electron chi connectivity index (χ4n) is 4.47. The van der Waals surface area contributed by atoms with Crippen LogP contribution in [-0.2, 0) is 4.74 Å². The Labute approximate surface area is 216 Å².